The number of imidazole rings is 1. The zero-order valence-electron chi connectivity index (χ0n) is 13.1. The molecule has 5 rings (SSSR count). The van der Waals surface area contributed by atoms with E-state index in [2.05, 4.69) is 15.3 Å². The Bertz CT molecular complexity index is 982. The first-order valence-electron chi connectivity index (χ1n) is 8.01. The molecule has 2 amide bonds. The first kappa shape index (κ1) is 14.5. The van der Waals surface area contributed by atoms with Gasteiger partial charge in [-0.3, -0.25) is 14.9 Å². The molecule has 3 heterocycles. The van der Waals surface area contributed by atoms with Gasteiger partial charge in [-0.2, -0.15) is 0 Å². The van der Waals surface area contributed by atoms with E-state index in [9.17, 15) is 9.59 Å². The van der Waals surface area contributed by atoms with E-state index in [0.29, 0.717) is 17.3 Å². The zero-order valence-corrected chi connectivity index (χ0v) is 13.9. The van der Waals surface area contributed by atoms with Crippen LogP contribution in [-0.4, -0.2) is 38.5 Å². The number of carbonyl (C=O) groups excluding carboxylic acids is 2. The Morgan fingerprint density at radius 2 is 2.00 bits per heavy atom. The summed E-state index contributed by atoms with van der Waals surface area (Å²) in [7, 11) is 0. The summed E-state index contributed by atoms with van der Waals surface area (Å²) in [4.78, 5) is 34.6. The highest BCUT2D eigenvalue weighted by Gasteiger charge is 2.48. The molecule has 0 aliphatic carbocycles. The maximum atomic E-state index is 12.8. The van der Waals surface area contributed by atoms with Gasteiger partial charge >= 0.3 is 0 Å². The van der Waals surface area contributed by atoms with Crippen LogP contribution in [0.3, 0.4) is 0 Å². The van der Waals surface area contributed by atoms with E-state index in [0.717, 1.165) is 16.6 Å². The van der Waals surface area contributed by atoms with Gasteiger partial charge in [0.05, 0.1) is 11.0 Å². The number of thioether (sulfide) groups is 1. The maximum absolute atomic E-state index is 12.8. The normalized spacial score (nSPS) is 21.4. The largest absolute Gasteiger partial charge is 0.324 e. The van der Waals surface area contributed by atoms with Gasteiger partial charge in [0.1, 0.15) is 11.4 Å². The van der Waals surface area contributed by atoms with Crippen molar-refractivity contribution in [2.24, 2.45) is 0 Å². The van der Waals surface area contributed by atoms with E-state index in [1.807, 2.05) is 48.5 Å². The van der Waals surface area contributed by atoms with Crippen molar-refractivity contribution in [1.29, 1.82) is 0 Å². The second-order valence-electron chi connectivity index (χ2n) is 6.09. The Labute approximate surface area is 147 Å². The van der Waals surface area contributed by atoms with E-state index >= 15 is 0 Å². The van der Waals surface area contributed by atoms with Crippen LogP contribution in [0.4, 0.5) is 5.95 Å². The molecular weight excluding hydrogens is 336 g/mol. The van der Waals surface area contributed by atoms with Crippen molar-refractivity contribution in [1.82, 2.24) is 14.9 Å². The van der Waals surface area contributed by atoms with Crippen LogP contribution in [0.25, 0.3) is 11.0 Å². The molecule has 0 bridgehead atoms. The van der Waals surface area contributed by atoms with E-state index in [-0.39, 0.29) is 17.2 Å². The number of benzene rings is 2. The highest BCUT2D eigenvalue weighted by Crippen LogP contribution is 2.48. The quantitative estimate of drug-likeness (QED) is 0.745. The van der Waals surface area contributed by atoms with Crippen molar-refractivity contribution >= 4 is 40.6 Å². The third kappa shape index (κ3) is 2.16. The third-order valence-electron chi connectivity index (χ3n) is 4.63. The molecule has 2 N–H and O–H groups in total. The first-order valence-corrected chi connectivity index (χ1v) is 9.06. The van der Waals surface area contributed by atoms with Gasteiger partial charge in [-0.25, -0.2) is 4.98 Å². The van der Waals surface area contributed by atoms with Crippen LogP contribution in [0.1, 0.15) is 21.3 Å². The standard InChI is InChI=1S/C18H14N4O2S/c23-15(21-18-19-12-7-3-4-8-13(12)20-18)14-9-25-17-11-6-2-1-5-10(11)16(24)22(14)17/h1-8,14,17H,9H2,(H2,19,20,21,23)/t14-,17?/m0/s1. The van der Waals surface area contributed by atoms with Gasteiger partial charge < -0.3 is 9.88 Å². The van der Waals surface area contributed by atoms with Crippen molar-refractivity contribution in [2.75, 3.05) is 11.1 Å². The number of aromatic amines is 1. The molecule has 2 atom stereocenters. The molecular formula is C18H14N4O2S. The number of fused-ring (bicyclic) bond motifs is 4. The molecule has 1 saturated heterocycles. The SMILES string of the molecule is O=C(Nc1nc2ccccc2[nH]1)[C@@H]1CSC2c3ccccc3C(=O)N21. The van der Waals surface area contributed by atoms with Crippen LogP contribution in [0.2, 0.25) is 0 Å². The lowest BCUT2D eigenvalue weighted by Gasteiger charge is -2.22. The number of nitrogens with one attached hydrogen (secondary N) is 2. The number of anilines is 1. The number of H-pyrrole nitrogens is 1. The molecule has 1 aromatic heterocycles. The summed E-state index contributed by atoms with van der Waals surface area (Å²) in [6.07, 6.45) is 0. The number of nitrogens with zero attached hydrogens (tertiary/aromatic N) is 2. The Kier molecular flexibility index (Phi) is 3.11. The fourth-order valence-electron chi connectivity index (χ4n) is 3.45. The molecule has 2 aliphatic rings. The number of hydrogen-bond acceptors (Lipinski definition) is 4. The molecule has 1 fully saturated rings. The van der Waals surface area contributed by atoms with Crippen molar-refractivity contribution < 1.29 is 9.59 Å². The molecule has 3 aromatic rings. The van der Waals surface area contributed by atoms with Crippen LogP contribution in [0.5, 0.6) is 0 Å². The third-order valence-corrected chi connectivity index (χ3v) is 5.93. The van der Waals surface area contributed by atoms with Crippen LogP contribution >= 0.6 is 11.8 Å². The maximum Gasteiger partial charge on any atom is 0.256 e. The predicted molar refractivity (Wildman–Crippen MR) is 96.3 cm³/mol. The summed E-state index contributed by atoms with van der Waals surface area (Å²) >= 11 is 1.63. The average Bonchev–Trinajstić information content (AvgIpc) is 3.30. The molecule has 1 unspecified atom stereocenters. The number of hydrogen-bond donors (Lipinski definition) is 2. The van der Waals surface area contributed by atoms with Crippen molar-refractivity contribution in [2.45, 2.75) is 11.4 Å². The average molecular weight is 350 g/mol. The Hall–Kier alpha value is -2.80. The van der Waals surface area contributed by atoms with Gasteiger partial charge in [-0.05, 0) is 23.8 Å². The molecule has 0 saturated carbocycles. The molecule has 25 heavy (non-hydrogen) atoms. The predicted octanol–water partition coefficient (Wildman–Crippen LogP) is 2.77. The molecule has 124 valence electrons. The summed E-state index contributed by atoms with van der Waals surface area (Å²) in [5.74, 6) is 0.700. The number of para-hydroxylation sites is 2. The smallest absolute Gasteiger partial charge is 0.256 e. The zero-order chi connectivity index (χ0) is 17.0. The van der Waals surface area contributed by atoms with Gasteiger partial charge in [0.15, 0.2) is 0 Å². The van der Waals surface area contributed by atoms with Crippen molar-refractivity contribution in [3.63, 3.8) is 0 Å². The lowest BCUT2D eigenvalue weighted by atomic mass is 10.1. The summed E-state index contributed by atoms with van der Waals surface area (Å²) in [5, 5.41) is 2.75. The van der Waals surface area contributed by atoms with E-state index < -0.39 is 6.04 Å². The molecule has 6 nitrogen and oxygen atoms in total. The van der Waals surface area contributed by atoms with Crippen molar-refractivity contribution in [3.8, 4) is 0 Å². The second-order valence-corrected chi connectivity index (χ2v) is 7.21. The molecule has 2 aliphatic heterocycles. The number of carbonyl (C=O) groups is 2. The van der Waals surface area contributed by atoms with Crippen LogP contribution in [0, 0.1) is 0 Å². The molecule has 7 heteroatoms. The highest BCUT2D eigenvalue weighted by molar-refractivity contribution is 7.99. The van der Waals surface area contributed by atoms with Gasteiger partial charge in [0, 0.05) is 11.3 Å². The topological polar surface area (TPSA) is 78.1 Å². The van der Waals surface area contributed by atoms with Gasteiger partial charge in [-0.15, -0.1) is 11.8 Å². The minimum absolute atomic E-state index is 0.0737. The molecule has 0 radical (unpaired) electrons. The van der Waals surface area contributed by atoms with Crippen LogP contribution < -0.4 is 5.32 Å². The van der Waals surface area contributed by atoms with E-state index in [1.54, 1.807) is 16.7 Å². The fraction of sp³-hybridized carbons (Fsp3) is 0.167. The Morgan fingerprint density at radius 3 is 2.88 bits per heavy atom. The summed E-state index contributed by atoms with van der Waals surface area (Å²) in [6.45, 7) is 0. The monoisotopic (exact) mass is 350 g/mol. The number of rotatable bonds is 2. The van der Waals surface area contributed by atoms with Crippen LogP contribution in [-0.2, 0) is 4.79 Å². The highest BCUT2D eigenvalue weighted by atomic mass is 32.2. The second kappa shape index (κ2) is 5.35. The lowest BCUT2D eigenvalue weighted by Crippen LogP contribution is -2.43. The minimum atomic E-state index is -0.497. The van der Waals surface area contributed by atoms with Gasteiger partial charge in [-0.1, -0.05) is 30.3 Å². The van der Waals surface area contributed by atoms with Crippen LogP contribution in [0.15, 0.2) is 48.5 Å². The summed E-state index contributed by atoms with van der Waals surface area (Å²) < 4.78 is 0. The van der Waals surface area contributed by atoms with E-state index in [4.69, 9.17) is 0 Å². The van der Waals surface area contributed by atoms with Crippen molar-refractivity contribution in [3.05, 3.63) is 59.7 Å². The van der Waals surface area contributed by atoms with E-state index in [1.165, 1.54) is 0 Å². The van der Waals surface area contributed by atoms with Gasteiger partial charge in [0.25, 0.3) is 5.91 Å². The fourth-order valence-corrected chi connectivity index (χ4v) is 4.92. The Morgan fingerprint density at radius 1 is 1.20 bits per heavy atom. The lowest BCUT2D eigenvalue weighted by molar-refractivity contribution is -0.119. The first-order chi connectivity index (χ1) is 12.2. The summed E-state index contributed by atoms with van der Waals surface area (Å²) in [6, 6.07) is 14.7. The molecule has 0 spiro atoms. The number of amides is 2. The van der Waals surface area contributed by atoms with Gasteiger partial charge in [0.2, 0.25) is 11.9 Å². The minimum Gasteiger partial charge on any atom is -0.324 e. The summed E-state index contributed by atoms with van der Waals surface area (Å²) in [5.41, 5.74) is 3.35. The Balaban J connectivity index is 1.41. The molecule has 2 aromatic carbocycles. The number of aromatic nitrogens is 2.